The molecule has 9 heteroatoms. The Hall–Kier alpha value is -1.47. The predicted molar refractivity (Wildman–Crippen MR) is 78.8 cm³/mol. The van der Waals surface area contributed by atoms with Gasteiger partial charge in [-0.15, -0.1) is 11.3 Å². The van der Waals surface area contributed by atoms with E-state index in [1.807, 2.05) is 0 Å². The SMILES string of the molecule is N#CCOC(=O)c1sccc1S(=O)(=O)N1CCC(CO)CC1. The van der Waals surface area contributed by atoms with Gasteiger partial charge in [0, 0.05) is 19.7 Å². The number of esters is 1. The van der Waals surface area contributed by atoms with E-state index in [2.05, 4.69) is 4.74 Å². The number of carbonyl (C=O) groups is 1. The molecule has 2 rings (SSSR count). The number of nitriles is 1. The molecule has 0 radical (unpaired) electrons. The zero-order valence-electron chi connectivity index (χ0n) is 11.8. The van der Waals surface area contributed by atoms with Crippen molar-refractivity contribution in [1.82, 2.24) is 4.31 Å². The molecule has 0 saturated carbocycles. The first kappa shape index (κ1) is 16.9. The molecule has 1 fully saturated rings. The van der Waals surface area contributed by atoms with Gasteiger partial charge in [0.25, 0.3) is 0 Å². The first-order valence-electron chi connectivity index (χ1n) is 6.73. The standard InChI is InChI=1S/C13H16N2O5S2/c14-4-7-20-13(17)12-11(3-8-21-12)22(18,19)15-5-1-10(9-16)2-6-15/h3,8,10,16H,1-2,5-7,9H2. The summed E-state index contributed by atoms with van der Waals surface area (Å²) < 4.78 is 31.3. The first-order chi connectivity index (χ1) is 10.5. The molecule has 0 bridgehead atoms. The number of sulfonamides is 1. The Balaban J connectivity index is 2.19. The molecule has 1 aromatic rings. The van der Waals surface area contributed by atoms with Crippen LogP contribution in [0.5, 0.6) is 0 Å². The van der Waals surface area contributed by atoms with E-state index in [0.29, 0.717) is 25.9 Å². The van der Waals surface area contributed by atoms with Crippen LogP contribution in [0.1, 0.15) is 22.5 Å². The molecule has 0 aromatic carbocycles. The molecule has 0 amide bonds. The first-order valence-corrected chi connectivity index (χ1v) is 9.05. The van der Waals surface area contributed by atoms with Crippen molar-refractivity contribution in [3.8, 4) is 6.07 Å². The fourth-order valence-electron chi connectivity index (χ4n) is 2.28. The number of hydrogen-bond acceptors (Lipinski definition) is 7. The zero-order valence-corrected chi connectivity index (χ0v) is 13.4. The molecule has 0 unspecified atom stereocenters. The van der Waals surface area contributed by atoms with Crippen LogP contribution in [0.15, 0.2) is 16.3 Å². The van der Waals surface area contributed by atoms with E-state index in [9.17, 15) is 13.2 Å². The predicted octanol–water partition coefficient (Wildman–Crippen LogP) is 0.821. The van der Waals surface area contributed by atoms with Crippen molar-refractivity contribution in [1.29, 1.82) is 5.26 Å². The van der Waals surface area contributed by atoms with Gasteiger partial charge in [-0.3, -0.25) is 0 Å². The summed E-state index contributed by atoms with van der Waals surface area (Å²) in [5.41, 5.74) is 0. The molecule has 120 valence electrons. The molecule has 1 aliphatic rings. The lowest BCUT2D eigenvalue weighted by atomic mass is 10.00. The van der Waals surface area contributed by atoms with Crippen molar-refractivity contribution < 1.29 is 23.1 Å². The maximum Gasteiger partial charge on any atom is 0.350 e. The van der Waals surface area contributed by atoms with Crippen molar-refractivity contribution in [2.45, 2.75) is 17.7 Å². The number of piperidine rings is 1. The lowest BCUT2D eigenvalue weighted by molar-refractivity contribution is 0.0556. The van der Waals surface area contributed by atoms with Gasteiger partial charge in [-0.2, -0.15) is 9.57 Å². The van der Waals surface area contributed by atoms with Gasteiger partial charge in [0.1, 0.15) is 15.8 Å². The Morgan fingerprint density at radius 3 is 2.77 bits per heavy atom. The molecule has 1 N–H and O–H groups in total. The molecular formula is C13H16N2O5S2. The fraction of sp³-hybridized carbons (Fsp3) is 0.538. The molecule has 1 aromatic heterocycles. The Morgan fingerprint density at radius 1 is 1.50 bits per heavy atom. The van der Waals surface area contributed by atoms with Crippen LogP contribution < -0.4 is 0 Å². The summed E-state index contributed by atoms with van der Waals surface area (Å²) in [6.07, 6.45) is 1.18. The van der Waals surface area contributed by atoms with Crippen LogP contribution in [-0.4, -0.2) is 50.1 Å². The van der Waals surface area contributed by atoms with Gasteiger partial charge in [-0.05, 0) is 30.2 Å². The van der Waals surface area contributed by atoms with Gasteiger partial charge in [0.15, 0.2) is 6.61 Å². The largest absolute Gasteiger partial charge is 0.446 e. The summed E-state index contributed by atoms with van der Waals surface area (Å²) in [5.74, 6) is -0.686. The van der Waals surface area contributed by atoms with Crippen LogP contribution in [0.3, 0.4) is 0 Å². The van der Waals surface area contributed by atoms with Crippen molar-refractivity contribution in [2.75, 3.05) is 26.3 Å². The van der Waals surface area contributed by atoms with Crippen LogP contribution >= 0.6 is 11.3 Å². The summed E-state index contributed by atoms with van der Waals surface area (Å²) in [6, 6.07) is 3.05. The van der Waals surface area contributed by atoms with Crippen molar-refractivity contribution >= 4 is 27.3 Å². The minimum Gasteiger partial charge on any atom is -0.446 e. The van der Waals surface area contributed by atoms with Gasteiger partial charge in [-0.1, -0.05) is 0 Å². The number of rotatable bonds is 5. The minimum atomic E-state index is -3.77. The van der Waals surface area contributed by atoms with E-state index >= 15 is 0 Å². The topological polar surface area (TPSA) is 108 Å². The molecular weight excluding hydrogens is 328 g/mol. The van der Waals surface area contributed by atoms with Crippen molar-refractivity contribution in [3.63, 3.8) is 0 Å². The second kappa shape index (κ2) is 7.19. The average molecular weight is 344 g/mol. The van der Waals surface area contributed by atoms with E-state index < -0.39 is 22.6 Å². The second-order valence-electron chi connectivity index (χ2n) is 4.88. The summed E-state index contributed by atoms with van der Waals surface area (Å²) in [5, 5.41) is 19.0. The highest BCUT2D eigenvalue weighted by Crippen LogP contribution is 2.29. The van der Waals surface area contributed by atoms with E-state index in [0.717, 1.165) is 11.3 Å². The van der Waals surface area contributed by atoms with E-state index in [1.54, 1.807) is 6.07 Å². The lowest BCUT2D eigenvalue weighted by Gasteiger charge is -2.30. The van der Waals surface area contributed by atoms with Gasteiger partial charge in [-0.25, -0.2) is 13.2 Å². The molecule has 2 heterocycles. The number of ether oxygens (including phenoxy) is 1. The van der Waals surface area contributed by atoms with Crippen molar-refractivity contribution in [2.24, 2.45) is 5.92 Å². The Bertz CT molecular complexity index is 669. The Morgan fingerprint density at radius 2 is 2.18 bits per heavy atom. The van der Waals surface area contributed by atoms with Gasteiger partial charge < -0.3 is 9.84 Å². The quantitative estimate of drug-likeness (QED) is 0.792. The highest BCUT2D eigenvalue weighted by Gasteiger charge is 2.33. The lowest BCUT2D eigenvalue weighted by Crippen LogP contribution is -2.39. The third kappa shape index (κ3) is 3.47. The Kier molecular flexibility index (Phi) is 5.52. The van der Waals surface area contributed by atoms with E-state index in [4.69, 9.17) is 10.4 Å². The summed E-state index contributed by atoms with van der Waals surface area (Å²) in [6.45, 7) is 0.266. The number of thiophene rings is 1. The summed E-state index contributed by atoms with van der Waals surface area (Å²) in [7, 11) is -3.77. The number of nitrogens with zero attached hydrogens (tertiary/aromatic N) is 2. The van der Waals surface area contributed by atoms with Crippen LogP contribution in [0.2, 0.25) is 0 Å². The highest BCUT2D eigenvalue weighted by molar-refractivity contribution is 7.89. The molecule has 0 aliphatic carbocycles. The zero-order chi connectivity index (χ0) is 16.2. The van der Waals surface area contributed by atoms with E-state index in [1.165, 1.54) is 15.8 Å². The number of carbonyl (C=O) groups excluding carboxylic acids is 1. The van der Waals surface area contributed by atoms with Gasteiger partial charge in [0.05, 0.1) is 0 Å². The van der Waals surface area contributed by atoms with Crippen LogP contribution in [-0.2, 0) is 14.8 Å². The van der Waals surface area contributed by atoms with Crippen LogP contribution in [0, 0.1) is 17.2 Å². The molecule has 0 spiro atoms. The second-order valence-corrected chi connectivity index (χ2v) is 7.70. The van der Waals surface area contributed by atoms with Crippen LogP contribution in [0.25, 0.3) is 0 Å². The van der Waals surface area contributed by atoms with Crippen molar-refractivity contribution in [3.05, 3.63) is 16.3 Å². The third-order valence-corrected chi connectivity index (χ3v) is 6.50. The maximum atomic E-state index is 12.6. The average Bonchev–Trinajstić information content (AvgIpc) is 3.03. The Labute approximate surface area is 132 Å². The number of hydrogen-bond donors (Lipinski definition) is 1. The minimum absolute atomic E-state index is 0.0143. The smallest absolute Gasteiger partial charge is 0.350 e. The summed E-state index contributed by atoms with van der Waals surface area (Å²) in [4.78, 5) is 11.7. The number of aliphatic hydroxyl groups is 1. The molecule has 0 atom stereocenters. The van der Waals surface area contributed by atoms with Gasteiger partial charge in [0.2, 0.25) is 10.0 Å². The molecule has 1 saturated heterocycles. The normalized spacial score (nSPS) is 17.1. The molecule has 7 nitrogen and oxygen atoms in total. The molecule has 22 heavy (non-hydrogen) atoms. The van der Waals surface area contributed by atoms with E-state index in [-0.39, 0.29) is 22.3 Å². The maximum absolute atomic E-state index is 12.6. The van der Waals surface area contributed by atoms with Crippen LogP contribution in [0.4, 0.5) is 0 Å². The van der Waals surface area contributed by atoms with Gasteiger partial charge >= 0.3 is 5.97 Å². The summed E-state index contributed by atoms with van der Waals surface area (Å²) >= 11 is 0.974. The third-order valence-electron chi connectivity index (χ3n) is 3.53. The highest BCUT2D eigenvalue weighted by atomic mass is 32.2. The monoisotopic (exact) mass is 344 g/mol. The number of aliphatic hydroxyl groups excluding tert-OH is 1. The fourth-order valence-corrected chi connectivity index (χ4v) is 5.04. The molecule has 1 aliphatic heterocycles.